The van der Waals surface area contributed by atoms with Crippen molar-refractivity contribution in [1.29, 1.82) is 0 Å². The largest absolute Gasteiger partial charge is 0.345 e. The third-order valence-corrected chi connectivity index (χ3v) is 6.63. The van der Waals surface area contributed by atoms with Gasteiger partial charge in [-0.25, -0.2) is 9.97 Å². The molecule has 5 heterocycles. The molecule has 31 heavy (non-hydrogen) atoms. The van der Waals surface area contributed by atoms with Crippen molar-refractivity contribution in [2.45, 2.75) is 18.9 Å². The SMILES string of the molecule is Cn1ccnc1-c1ccc2n(c1=O)C[C@H]1C[C@@H]2CN(C(=O)c2cccc3[nH]cnc23)C1. The summed E-state index contributed by atoms with van der Waals surface area (Å²) in [5, 5.41) is 0. The van der Waals surface area contributed by atoms with Gasteiger partial charge in [0.05, 0.1) is 23.0 Å². The molecule has 156 valence electrons. The standard InChI is InChI=1S/C23H22N6O2/c1-27-8-7-24-21(27)17-5-6-19-15-9-14(11-29(19)23(17)31)10-28(12-15)22(30)16-3-2-4-18-20(16)26-13-25-18/h2-8,13-15H,9-12H2,1H3,(H,25,26)/t14-,15+/m0/s1. The lowest BCUT2D eigenvalue weighted by Gasteiger charge is -2.43. The molecule has 0 aliphatic carbocycles. The summed E-state index contributed by atoms with van der Waals surface area (Å²) in [5.41, 5.74) is 3.83. The van der Waals surface area contributed by atoms with Gasteiger partial charge in [0.25, 0.3) is 11.5 Å². The Bertz CT molecular complexity index is 1380. The van der Waals surface area contributed by atoms with Gasteiger partial charge in [0.15, 0.2) is 0 Å². The predicted octanol–water partition coefficient (Wildman–Crippen LogP) is 2.38. The molecule has 1 amide bonds. The minimum Gasteiger partial charge on any atom is -0.345 e. The second-order valence-corrected chi connectivity index (χ2v) is 8.56. The number of aromatic nitrogens is 5. The highest BCUT2D eigenvalue weighted by Crippen LogP contribution is 2.36. The van der Waals surface area contributed by atoms with E-state index < -0.39 is 0 Å². The van der Waals surface area contributed by atoms with Crippen LogP contribution in [0.5, 0.6) is 0 Å². The lowest BCUT2D eigenvalue weighted by atomic mass is 9.82. The average molecular weight is 414 g/mol. The van der Waals surface area contributed by atoms with Gasteiger partial charge in [-0.05, 0) is 36.6 Å². The zero-order valence-electron chi connectivity index (χ0n) is 17.2. The van der Waals surface area contributed by atoms with Gasteiger partial charge >= 0.3 is 0 Å². The molecule has 8 nitrogen and oxygen atoms in total. The highest BCUT2D eigenvalue weighted by molar-refractivity contribution is 6.04. The van der Waals surface area contributed by atoms with Crippen molar-refractivity contribution < 1.29 is 4.79 Å². The van der Waals surface area contributed by atoms with E-state index in [1.165, 1.54) is 0 Å². The molecule has 1 fully saturated rings. The van der Waals surface area contributed by atoms with Crippen molar-refractivity contribution in [1.82, 2.24) is 29.0 Å². The molecule has 0 radical (unpaired) electrons. The number of carbonyl (C=O) groups excluding carboxylic acids is 1. The van der Waals surface area contributed by atoms with E-state index in [0.29, 0.717) is 42.1 Å². The van der Waals surface area contributed by atoms with E-state index in [4.69, 9.17) is 0 Å². The summed E-state index contributed by atoms with van der Waals surface area (Å²) in [7, 11) is 1.89. The third-order valence-electron chi connectivity index (χ3n) is 6.63. The molecule has 0 saturated carbocycles. The van der Waals surface area contributed by atoms with E-state index in [9.17, 15) is 9.59 Å². The summed E-state index contributed by atoms with van der Waals surface area (Å²) >= 11 is 0. The fourth-order valence-corrected chi connectivity index (χ4v) is 5.22. The maximum absolute atomic E-state index is 13.4. The van der Waals surface area contributed by atoms with Gasteiger partial charge in [-0.1, -0.05) is 6.07 Å². The molecule has 0 spiro atoms. The Hall–Kier alpha value is -3.68. The Morgan fingerprint density at radius 3 is 2.87 bits per heavy atom. The minimum atomic E-state index is 0.00238. The van der Waals surface area contributed by atoms with Crippen molar-refractivity contribution in [3.8, 4) is 11.4 Å². The summed E-state index contributed by atoms with van der Waals surface area (Å²) in [6.07, 6.45) is 6.17. The fourth-order valence-electron chi connectivity index (χ4n) is 5.22. The number of likely N-dealkylation sites (tertiary alicyclic amines) is 1. The maximum Gasteiger partial charge on any atom is 0.261 e. The zero-order chi connectivity index (χ0) is 21.1. The first-order valence-electron chi connectivity index (χ1n) is 10.5. The second-order valence-electron chi connectivity index (χ2n) is 8.56. The number of hydrogen-bond donors (Lipinski definition) is 1. The highest BCUT2D eigenvalue weighted by atomic mass is 16.2. The van der Waals surface area contributed by atoms with Gasteiger partial charge in [-0.15, -0.1) is 0 Å². The Labute approximate surface area is 178 Å². The normalized spacial score (nSPS) is 20.1. The van der Waals surface area contributed by atoms with E-state index in [0.717, 1.165) is 17.6 Å². The van der Waals surface area contributed by atoms with Gasteiger partial charge < -0.3 is 19.0 Å². The molecule has 2 bridgehead atoms. The number of aromatic amines is 1. The smallest absolute Gasteiger partial charge is 0.261 e. The number of benzene rings is 1. The Kier molecular flexibility index (Phi) is 3.89. The predicted molar refractivity (Wildman–Crippen MR) is 116 cm³/mol. The second kappa shape index (κ2) is 6.66. The lowest BCUT2D eigenvalue weighted by molar-refractivity contribution is 0.0596. The average Bonchev–Trinajstić information content (AvgIpc) is 3.42. The Morgan fingerprint density at radius 1 is 1.13 bits per heavy atom. The van der Waals surface area contributed by atoms with Crippen molar-refractivity contribution in [2.75, 3.05) is 13.1 Å². The summed E-state index contributed by atoms with van der Waals surface area (Å²) in [6, 6.07) is 9.56. The van der Waals surface area contributed by atoms with Crippen LogP contribution in [0.3, 0.4) is 0 Å². The summed E-state index contributed by atoms with van der Waals surface area (Å²) in [6.45, 7) is 1.88. The number of nitrogens with zero attached hydrogens (tertiary/aromatic N) is 5. The van der Waals surface area contributed by atoms with Crippen LogP contribution in [0.15, 0.2) is 53.8 Å². The van der Waals surface area contributed by atoms with Gasteiger partial charge in [-0.2, -0.15) is 0 Å². The number of rotatable bonds is 2. The monoisotopic (exact) mass is 414 g/mol. The van der Waals surface area contributed by atoms with E-state index in [-0.39, 0.29) is 23.3 Å². The number of hydrogen-bond acceptors (Lipinski definition) is 4. The number of fused-ring (bicyclic) bond motifs is 5. The number of piperidine rings is 1. The third kappa shape index (κ3) is 2.74. The van der Waals surface area contributed by atoms with Crippen LogP contribution in [-0.2, 0) is 13.6 Å². The number of amides is 1. The van der Waals surface area contributed by atoms with E-state index in [1.807, 2.05) is 57.6 Å². The van der Waals surface area contributed by atoms with Crippen LogP contribution >= 0.6 is 0 Å². The molecule has 1 saturated heterocycles. The Morgan fingerprint density at radius 2 is 2.03 bits per heavy atom. The van der Waals surface area contributed by atoms with Crippen molar-refractivity contribution in [3.05, 3.63) is 70.7 Å². The molecular weight excluding hydrogens is 392 g/mol. The molecule has 6 rings (SSSR count). The first-order chi connectivity index (χ1) is 15.1. The van der Waals surface area contributed by atoms with Crippen molar-refractivity contribution in [2.24, 2.45) is 13.0 Å². The van der Waals surface area contributed by atoms with Crippen LogP contribution in [0.1, 0.15) is 28.4 Å². The molecule has 3 aromatic heterocycles. The summed E-state index contributed by atoms with van der Waals surface area (Å²) in [4.78, 5) is 40.3. The number of para-hydroxylation sites is 1. The van der Waals surface area contributed by atoms with Gasteiger partial charge in [0.2, 0.25) is 0 Å². The molecule has 2 atom stereocenters. The molecule has 0 unspecified atom stereocenters. The van der Waals surface area contributed by atoms with Crippen LogP contribution in [0.25, 0.3) is 22.4 Å². The Balaban J connectivity index is 1.34. The number of carbonyl (C=O) groups is 1. The maximum atomic E-state index is 13.4. The number of aryl methyl sites for hydroxylation is 1. The number of nitrogens with one attached hydrogen (secondary N) is 1. The zero-order valence-corrected chi connectivity index (χ0v) is 17.2. The molecule has 8 heteroatoms. The molecule has 2 aliphatic rings. The van der Waals surface area contributed by atoms with Crippen LogP contribution in [0.4, 0.5) is 0 Å². The van der Waals surface area contributed by atoms with E-state index >= 15 is 0 Å². The van der Waals surface area contributed by atoms with Gasteiger partial charge in [0, 0.05) is 50.7 Å². The quantitative estimate of drug-likeness (QED) is 0.545. The van der Waals surface area contributed by atoms with Crippen LogP contribution < -0.4 is 5.56 Å². The van der Waals surface area contributed by atoms with Crippen LogP contribution in [0.2, 0.25) is 0 Å². The van der Waals surface area contributed by atoms with Crippen LogP contribution in [0, 0.1) is 5.92 Å². The lowest BCUT2D eigenvalue weighted by Crippen LogP contribution is -2.49. The molecule has 1 aromatic carbocycles. The van der Waals surface area contributed by atoms with Crippen molar-refractivity contribution >= 4 is 16.9 Å². The van der Waals surface area contributed by atoms with E-state index in [2.05, 4.69) is 15.0 Å². The minimum absolute atomic E-state index is 0.00238. The van der Waals surface area contributed by atoms with E-state index in [1.54, 1.807) is 12.5 Å². The van der Waals surface area contributed by atoms with Gasteiger partial charge in [-0.3, -0.25) is 9.59 Å². The molecule has 1 N–H and O–H groups in total. The molecule has 4 aromatic rings. The first-order valence-corrected chi connectivity index (χ1v) is 10.5. The number of imidazole rings is 2. The summed E-state index contributed by atoms with van der Waals surface area (Å²) in [5.74, 6) is 1.09. The topological polar surface area (TPSA) is 88.8 Å². The first kappa shape index (κ1) is 18.1. The molecular formula is C23H22N6O2. The number of pyridine rings is 1. The molecule has 2 aliphatic heterocycles. The summed E-state index contributed by atoms with van der Waals surface area (Å²) < 4.78 is 3.77. The fraction of sp³-hybridized carbons (Fsp3) is 0.304. The highest BCUT2D eigenvalue weighted by Gasteiger charge is 2.37. The van der Waals surface area contributed by atoms with Crippen LogP contribution in [-0.4, -0.2) is 48.0 Å². The van der Waals surface area contributed by atoms with Crippen molar-refractivity contribution in [3.63, 3.8) is 0 Å². The number of H-pyrrole nitrogens is 1. The van der Waals surface area contributed by atoms with Gasteiger partial charge in [0.1, 0.15) is 11.3 Å².